The van der Waals surface area contributed by atoms with E-state index in [1.165, 1.54) is 0 Å². The van der Waals surface area contributed by atoms with Gasteiger partial charge in [0, 0.05) is 25.7 Å². The lowest BCUT2D eigenvalue weighted by molar-refractivity contribution is 0.0744. The van der Waals surface area contributed by atoms with Crippen LogP contribution < -0.4 is 10.1 Å². The highest BCUT2D eigenvalue weighted by molar-refractivity contribution is 5.93. The second kappa shape index (κ2) is 9.20. The van der Waals surface area contributed by atoms with Crippen molar-refractivity contribution in [1.29, 1.82) is 0 Å². The van der Waals surface area contributed by atoms with Crippen LogP contribution in [-0.4, -0.2) is 49.3 Å². The van der Waals surface area contributed by atoms with E-state index in [1.54, 1.807) is 19.2 Å². The highest BCUT2D eigenvalue weighted by Crippen LogP contribution is 2.13. The summed E-state index contributed by atoms with van der Waals surface area (Å²) in [6.45, 7) is 3.45. The van der Waals surface area contributed by atoms with Gasteiger partial charge in [-0.2, -0.15) is 0 Å². The molecule has 5 heteroatoms. The third kappa shape index (κ3) is 6.21. The van der Waals surface area contributed by atoms with Crippen molar-refractivity contribution in [1.82, 2.24) is 10.2 Å². The van der Waals surface area contributed by atoms with Crippen LogP contribution in [0.2, 0.25) is 0 Å². The normalized spacial score (nSPS) is 12.0. The average molecular weight is 342 g/mol. The number of aliphatic hydroxyl groups excluding tert-OH is 1. The summed E-state index contributed by atoms with van der Waals surface area (Å²) in [5.41, 5.74) is 2.85. The summed E-state index contributed by atoms with van der Waals surface area (Å²) in [5, 5.41) is 12.8. The molecule has 1 unspecified atom stereocenters. The minimum atomic E-state index is -0.573. The number of likely N-dealkylation sites (N-methyl/N-ethyl adjacent to an activating group) is 1. The van der Waals surface area contributed by atoms with Gasteiger partial charge in [0.15, 0.2) is 0 Å². The van der Waals surface area contributed by atoms with Crippen molar-refractivity contribution in [3.63, 3.8) is 0 Å². The SMILES string of the molecule is CNC(=O)c1ccc(CN(C)CC(O)COc2cccc(C)c2)cc1. The van der Waals surface area contributed by atoms with Crippen molar-refractivity contribution in [3.8, 4) is 5.75 Å². The molecule has 0 bridgehead atoms. The first-order valence-electron chi connectivity index (χ1n) is 8.35. The third-order valence-corrected chi connectivity index (χ3v) is 3.85. The van der Waals surface area contributed by atoms with Gasteiger partial charge in [0.1, 0.15) is 18.5 Å². The maximum atomic E-state index is 11.5. The van der Waals surface area contributed by atoms with Crippen LogP contribution in [0.3, 0.4) is 0 Å². The predicted octanol–water partition coefficient (Wildman–Crippen LogP) is 2.23. The monoisotopic (exact) mass is 342 g/mol. The summed E-state index contributed by atoms with van der Waals surface area (Å²) in [6, 6.07) is 15.2. The fraction of sp³-hybridized carbons (Fsp3) is 0.350. The van der Waals surface area contributed by atoms with Gasteiger partial charge in [-0.3, -0.25) is 9.69 Å². The van der Waals surface area contributed by atoms with Crippen LogP contribution in [0.25, 0.3) is 0 Å². The smallest absolute Gasteiger partial charge is 0.251 e. The quantitative estimate of drug-likeness (QED) is 0.772. The van der Waals surface area contributed by atoms with E-state index < -0.39 is 6.10 Å². The van der Waals surface area contributed by atoms with Gasteiger partial charge in [0.2, 0.25) is 0 Å². The van der Waals surface area contributed by atoms with Crippen LogP contribution in [-0.2, 0) is 6.54 Å². The summed E-state index contributed by atoms with van der Waals surface area (Å²) in [5.74, 6) is 0.676. The number of carbonyl (C=O) groups excluding carboxylic acids is 1. The zero-order valence-corrected chi connectivity index (χ0v) is 15.0. The van der Waals surface area contributed by atoms with Crippen molar-refractivity contribution in [2.45, 2.75) is 19.6 Å². The van der Waals surface area contributed by atoms with E-state index in [2.05, 4.69) is 5.32 Å². The highest BCUT2D eigenvalue weighted by atomic mass is 16.5. The molecule has 25 heavy (non-hydrogen) atoms. The van der Waals surface area contributed by atoms with E-state index in [1.807, 2.05) is 55.3 Å². The summed E-state index contributed by atoms with van der Waals surface area (Å²) >= 11 is 0. The van der Waals surface area contributed by atoms with Crippen LogP contribution in [0.1, 0.15) is 21.5 Å². The summed E-state index contributed by atoms with van der Waals surface area (Å²) < 4.78 is 5.63. The lowest BCUT2D eigenvalue weighted by Gasteiger charge is -2.21. The molecule has 0 saturated heterocycles. The Morgan fingerprint density at radius 1 is 1.24 bits per heavy atom. The van der Waals surface area contributed by atoms with E-state index in [-0.39, 0.29) is 12.5 Å². The zero-order chi connectivity index (χ0) is 18.2. The van der Waals surface area contributed by atoms with Crippen molar-refractivity contribution >= 4 is 5.91 Å². The number of nitrogens with one attached hydrogen (secondary N) is 1. The Morgan fingerprint density at radius 3 is 2.60 bits per heavy atom. The number of aryl methyl sites for hydroxylation is 1. The largest absolute Gasteiger partial charge is 0.491 e. The van der Waals surface area contributed by atoms with Gasteiger partial charge < -0.3 is 15.2 Å². The minimum absolute atomic E-state index is 0.0939. The first kappa shape index (κ1) is 19.0. The summed E-state index contributed by atoms with van der Waals surface area (Å²) in [7, 11) is 3.56. The first-order valence-corrected chi connectivity index (χ1v) is 8.35. The van der Waals surface area contributed by atoms with Gasteiger partial charge in [-0.1, -0.05) is 24.3 Å². The third-order valence-electron chi connectivity index (χ3n) is 3.85. The number of ether oxygens (including phenoxy) is 1. The Labute approximate surface area is 149 Å². The molecule has 2 N–H and O–H groups in total. The summed E-state index contributed by atoms with van der Waals surface area (Å²) in [6.07, 6.45) is -0.573. The Morgan fingerprint density at radius 2 is 1.96 bits per heavy atom. The van der Waals surface area contributed by atoms with E-state index >= 15 is 0 Å². The molecule has 5 nitrogen and oxygen atoms in total. The Balaban J connectivity index is 1.78. The van der Waals surface area contributed by atoms with Crippen molar-refractivity contribution in [3.05, 3.63) is 65.2 Å². The molecular weight excluding hydrogens is 316 g/mol. The van der Waals surface area contributed by atoms with Crippen molar-refractivity contribution in [2.75, 3.05) is 27.2 Å². The van der Waals surface area contributed by atoms with Crippen LogP contribution in [0, 0.1) is 6.92 Å². The van der Waals surface area contributed by atoms with E-state index in [9.17, 15) is 9.90 Å². The van der Waals surface area contributed by atoms with Crippen molar-refractivity contribution < 1.29 is 14.6 Å². The van der Waals surface area contributed by atoms with E-state index in [0.717, 1.165) is 16.9 Å². The molecule has 0 aliphatic heterocycles. The lowest BCUT2D eigenvalue weighted by atomic mass is 10.1. The van der Waals surface area contributed by atoms with Gasteiger partial charge in [-0.25, -0.2) is 0 Å². The molecule has 0 saturated carbocycles. The van der Waals surface area contributed by atoms with Gasteiger partial charge in [0.05, 0.1) is 0 Å². The van der Waals surface area contributed by atoms with Crippen LogP contribution in [0.4, 0.5) is 0 Å². The number of nitrogens with zero attached hydrogens (tertiary/aromatic N) is 1. The van der Waals surface area contributed by atoms with E-state index in [4.69, 9.17) is 4.74 Å². The maximum absolute atomic E-state index is 11.5. The fourth-order valence-electron chi connectivity index (χ4n) is 2.59. The molecule has 0 aromatic heterocycles. The van der Waals surface area contributed by atoms with Crippen LogP contribution in [0.15, 0.2) is 48.5 Å². The zero-order valence-electron chi connectivity index (χ0n) is 15.0. The Hall–Kier alpha value is -2.37. The number of carbonyl (C=O) groups is 1. The highest BCUT2D eigenvalue weighted by Gasteiger charge is 2.10. The number of rotatable bonds is 8. The second-order valence-electron chi connectivity index (χ2n) is 6.25. The molecule has 0 spiro atoms. The molecule has 2 aromatic rings. The summed E-state index contributed by atoms with van der Waals surface area (Å²) in [4.78, 5) is 13.6. The maximum Gasteiger partial charge on any atom is 0.251 e. The van der Waals surface area contributed by atoms with Gasteiger partial charge >= 0.3 is 0 Å². The molecule has 0 heterocycles. The molecule has 0 aliphatic carbocycles. The number of amides is 1. The molecule has 0 radical (unpaired) electrons. The minimum Gasteiger partial charge on any atom is -0.491 e. The van der Waals surface area contributed by atoms with Crippen LogP contribution >= 0.6 is 0 Å². The predicted molar refractivity (Wildman–Crippen MR) is 98.8 cm³/mol. The second-order valence-corrected chi connectivity index (χ2v) is 6.25. The molecule has 2 aromatic carbocycles. The molecular formula is C20H26N2O3. The average Bonchev–Trinajstić information content (AvgIpc) is 2.60. The van der Waals surface area contributed by atoms with Gasteiger partial charge in [0.25, 0.3) is 5.91 Å². The van der Waals surface area contributed by atoms with Gasteiger partial charge in [-0.05, 0) is 49.4 Å². The lowest BCUT2D eigenvalue weighted by Crippen LogP contribution is -2.32. The molecule has 2 rings (SSSR count). The fourth-order valence-corrected chi connectivity index (χ4v) is 2.59. The molecule has 0 fully saturated rings. The molecule has 1 amide bonds. The Bertz CT molecular complexity index is 686. The first-order chi connectivity index (χ1) is 12.0. The Kier molecular flexibility index (Phi) is 6.98. The van der Waals surface area contributed by atoms with E-state index in [0.29, 0.717) is 18.7 Å². The standard InChI is InChI=1S/C20H26N2O3/c1-15-5-4-6-19(11-15)25-14-18(23)13-22(3)12-16-7-9-17(10-8-16)20(24)21-2/h4-11,18,23H,12-14H2,1-3H3,(H,21,24). The van der Waals surface area contributed by atoms with Crippen molar-refractivity contribution in [2.24, 2.45) is 0 Å². The molecule has 134 valence electrons. The number of hydrogen-bond donors (Lipinski definition) is 2. The molecule has 1 atom stereocenters. The number of benzene rings is 2. The number of aliphatic hydroxyl groups is 1. The van der Waals surface area contributed by atoms with Crippen LogP contribution in [0.5, 0.6) is 5.75 Å². The van der Waals surface area contributed by atoms with Gasteiger partial charge in [-0.15, -0.1) is 0 Å². The number of hydrogen-bond acceptors (Lipinski definition) is 4. The molecule has 0 aliphatic rings. The topological polar surface area (TPSA) is 61.8 Å².